The van der Waals surface area contributed by atoms with Crippen LogP contribution in [-0.4, -0.2) is 121 Å². The molecular formula is C33H36N6O7S. The molecule has 3 fully saturated rings. The third kappa shape index (κ3) is 2.93. The minimum Gasteiger partial charge on any atom is -0.394 e. The maximum Gasteiger partial charge on any atom is 0.279 e. The number of carbonyl (C=O) groups is 4. The minimum atomic E-state index is -2.76. The highest BCUT2D eigenvalue weighted by Crippen LogP contribution is 2.69. The number of benzene rings is 2. The van der Waals surface area contributed by atoms with Gasteiger partial charge in [-0.05, 0) is 41.5 Å². The second kappa shape index (κ2) is 9.28. The van der Waals surface area contributed by atoms with Crippen molar-refractivity contribution in [1.29, 1.82) is 0 Å². The monoisotopic (exact) mass is 660 g/mol. The van der Waals surface area contributed by atoms with Gasteiger partial charge in [-0.1, -0.05) is 50.2 Å². The number of aliphatic hydroxyl groups is 3. The molecule has 246 valence electrons. The number of para-hydroxylation sites is 2. The van der Waals surface area contributed by atoms with Gasteiger partial charge in [-0.15, -0.1) is 11.8 Å². The topological polar surface area (TPSA) is 166 Å². The largest absolute Gasteiger partial charge is 0.394 e. The summed E-state index contributed by atoms with van der Waals surface area (Å²) in [5.41, 5.74) is -3.62. The molecule has 4 amide bonds. The Kier molecular flexibility index (Phi) is 5.97. The van der Waals surface area contributed by atoms with Gasteiger partial charge >= 0.3 is 0 Å². The number of aliphatic hydroxyl groups excluding tert-OH is 2. The smallest absolute Gasteiger partial charge is 0.279 e. The van der Waals surface area contributed by atoms with Crippen LogP contribution >= 0.6 is 11.8 Å². The van der Waals surface area contributed by atoms with Crippen LogP contribution in [0.4, 0.5) is 11.4 Å². The van der Waals surface area contributed by atoms with Crippen molar-refractivity contribution in [2.24, 2.45) is 5.92 Å². The first-order chi connectivity index (χ1) is 22.3. The molecule has 6 heterocycles. The number of anilines is 2. The minimum absolute atomic E-state index is 0.0967. The Hall–Kier alpha value is -4.11. The van der Waals surface area contributed by atoms with Gasteiger partial charge in [-0.2, -0.15) is 0 Å². The van der Waals surface area contributed by atoms with Crippen LogP contribution in [0.1, 0.15) is 25.0 Å². The van der Waals surface area contributed by atoms with Gasteiger partial charge in [-0.3, -0.25) is 29.0 Å². The molecule has 0 aliphatic carbocycles. The summed E-state index contributed by atoms with van der Waals surface area (Å²) >= 11 is 1.28. The molecule has 0 spiro atoms. The van der Waals surface area contributed by atoms with Crippen molar-refractivity contribution < 1.29 is 34.5 Å². The number of nitrogens with one attached hydrogen (secondary N) is 2. The van der Waals surface area contributed by atoms with Gasteiger partial charge in [0.1, 0.15) is 30.2 Å². The summed E-state index contributed by atoms with van der Waals surface area (Å²) in [6.45, 7) is 3.07. The number of fused-ring (bicyclic) bond motifs is 11. The Balaban J connectivity index is 1.48. The average Bonchev–Trinajstić information content (AvgIpc) is 3.73. The molecule has 6 aliphatic heterocycles. The van der Waals surface area contributed by atoms with E-state index >= 15 is 0 Å². The Morgan fingerprint density at radius 2 is 1.51 bits per heavy atom. The summed E-state index contributed by atoms with van der Waals surface area (Å²) in [7, 11) is 2.91. The molecule has 5 N–H and O–H groups in total. The number of rotatable bonds is 4. The first-order valence-corrected chi connectivity index (χ1v) is 16.8. The molecule has 3 saturated heterocycles. The van der Waals surface area contributed by atoms with E-state index in [9.17, 15) is 34.5 Å². The zero-order valence-corrected chi connectivity index (χ0v) is 27.3. The maximum atomic E-state index is 14.9. The van der Waals surface area contributed by atoms with Gasteiger partial charge < -0.3 is 35.8 Å². The van der Waals surface area contributed by atoms with E-state index in [0.29, 0.717) is 22.5 Å². The van der Waals surface area contributed by atoms with Crippen LogP contribution in [0.2, 0.25) is 0 Å². The van der Waals surface area contributed by atoms with Gasteiger partial charge in [0.2, 0.25) is 0 Å². The first-order valence-electron chi connectivity index (χ1n) is 15.6. The van der Waals surface area contributed by atoms with Gasteiger partial charge in [0.05, 0.1) is 17.4 Å². The molecule has 2 aromatic rings. The van der Waals surface area contributed by atoms with E-state index in [-0.39, 0.29) is 17.5 Å². The summed E-state index contributed by atoms with van der Waals surface area (Å²) < 4.78 is 0. The van der Waals surface area contributed by atoms with Gasteiger partial charge in [0.15, 0.2) is 4.87 Å². The molecule has 1 unspecified atom stereocenters. The number of likely N-dealkylation sites (N-methyl/N-ethyl adjacent to an activating group) is 2. The Morgan fingerprint density at radius 1 is 0.915 bits per heavy atom. The summed E-state index contributed by atoms with van der Waals surface area (Å²) in [6.07, 6.45) is -0.728. The molecule has 8 rings (SSSR count). The van der Waals surface area contributed by atoms with E-state index in [4.69, 9.17) is 0 Å². The van der Waals surface area contributed by atoms with Crippen LogP contribution in [0.5, 0.6) is 0 Å². The van der Waals surface area contributed by atoms with Crippen LogP contribution in [0.25, 0.3) is 0 Å². The SMILES string of the molecule is CS[C@]1(C(C)C)C(=O)N2C(=C[C@]3(C45c6ccccc6N[C@H]4N4C(=O)[C@H](CO)N(C)C(=O)[C@@]4(O)[C@H]5O)c4ccccc4N[C@H]23)C(=O)N1C. The van der Waals surface area contributed by atoms with E-state index in [1.807, 2.05) is 38.1 Å². The molecule has 0 bridgehead atoms. The molecule has 6 aliphatic rings. The second-order valence-corrected chi connectivity index (χ2v) is 14.5. The first kappa shape index (κ1) is 30.2. The van der Waals surface area contributed by atoms with E-state index in [2.05, 4.69) is 10.6 Å². The summed E-state index contributed by atoms with van der Waals surface area (Å²) in [5, 5.41) is 42.4. The average molecular weight is 661 g/mol. The van der Waals surface area contributed by atoms with Crippen LogP contribution in [0.15, 0.2) is 60.3 Å². The van der Waals surface area contributed by atoms with Crippen molar-refractivity contribution in [3.05, 3.63) is 71.4 Å². The zero-order chi connectivity index (χ0) is 33.6. The van der Waals surface area contributed by atoms with E-state index in [1.54, 1.807) is 43.6 Å². The van der Waals surface area contributed by atoms with Crippen LogP contribution in [-0.2, 0) is 30.0 Å². The van der Waals surface area contributed by atoms with Gasteiger partial charge in [0.25, 0.3) is 29.4 Å². The summed E-state index contributed by atoms with van der Waals surface area (Å²) in [4.78, 5) is 61.3. The molecule has 2 aromatic carbocycles. The third-order valence-electron chi connectivity index (χ3n) is 11.6. The van der Waals surface area contributed by atoms with Crippen LogP contribution < -0.4 is 10.6 Å². The third-order valence-corrected chi connectivity index (χ3v) is 13.2. The van der Waals surface area contributed by atoms with Crippen molar-refractivity contribution in [1.82, 2.24) is 19.6 Å². The number of carbonyl (C=O) groups excluding carboxylic acids is 4. The number of nitrogens with zero attached hydrogens (tertiary/aromatic N) is 4. The molecule has 47 heavy (non-hydrogen) atoms. The lowest BCUT2D eigenvalue weighted by Crippen LogP contribution is -2.73. The highest BCUT2D eigenvalue weighted by Gasteiger charge is 2.85. The standard InChI is InChI=1S/C33H36N6O7S/c1-16(2)33(47-5)29(45)38-21(23(41)37(33)4)14-30(17-10-6-8-12-19(17)34-26(30)38)31-18-11-7-9-13-20(18)35-27(31)39-24(42)22(15-40)36(3)28(44)32(39,46)25(31)43/h6-14,16,22,25-27,34-35,40,43,46H,15H2,1-5H3/t22-,25-,26+,27-,30-,31?,32-,33+/m0/s1. The maximum absolute atomic E-state index is 14.9. The van der Waals surface area contributed by atoms with E-state index in [0.717, 1.165) is 9.80 Å². The molecule has 14 heteroatoms. The normalized spacial score (nSPS) is 38.1. The van der Waals surface area contributed by atoms with Crippen molar-refractivity contribution >= 4 is 46.8 Å². The van der Waals surface area contributed by atoms with Crippen LogP contribution in [0, 0.1) is 5.92 Å². The van der Waals surface area contributed by atoms with Crippen molar-refractivity contribution in [3.8, 4) is 0 Å². The van der Waals surface area contributed by atoms with Crippen molar-refractivity contribution in [2.75, 3.05) is 37.6 Å². The fraction of sp³-hybridized carbons (Fsp3) is 0.455. The molecule has 13 nitrogen and oxygen atoms in total. The summed E-state index contributed by atoms with van der Waals surface area (Å²) in [6, 6.07) is 13.1. The molecule has 0 radical (unpaired) electrons. The van der Waals surface area contributed by atoms with E-state index in [1.165, 1.54) is 28.6 Å². The highest BCUT2D eigenvalue weighted by atomic mass is 32.2. The van der Waals surface area contributed by atoms with Crippen LogP contribution in [0.3, 0.4) is 0 Å². The van der Waals surface area contributed by atoms with Gasteiger partial charge in [0, 0.05) is 25.5 Å². The lowest BCUT2D eigenvalue weighted by atomic mass is 9.54. The Labute approximate surface area is 275 Å². The summed E-state index contributed by atoms with van der Waals surface area (Å²) in [5.74, 6) is -2.73. The van der Waals surface area contributed by atoms with Crippen molar-refractivity contribution in [3.63, 3.8) is 0 Å². The van der Waals surface area contributed by atoms with Crippen molar-refractivity contribution in [2.45, 2.75) is 59.8 Å². The predicted molar refractivity (Wildman–Crippen MR) is 171 cm³/mol. The fourth-order valence-corrected chi connectivity index (χ4v) is 10.7. The number of thioether (sulfide) groups is 1. The Bertz CT molecular complexity index is 1840. The zero-order valence-electron chi connectivity index (χ0n) is 26.5. The number of hydrogen-bond donors (Lipinski definition) is 5. The molecular weight excluding hydrogens is 624 g/mol. The van der Waals surface area contributed by atoms with E-state index < -0.39 is 70.2 Å². The second-order valence-electron chi connectivity index (χ2n) is 13.5. The fourth-order valence-electron chi connectivity index (χ4n) is 9.63. The lowest BCUT2D eigenvalue weighted by Gasteiger charge is -2.52. The highest BCUT2D eigenvalue weighted by molar-refractivity contribution is 8.00. The van der Waals surface area contributed by atoms with Gasteiger partial charge in [-0.25, -0.2) is 0 Å². The number of hydrogen-bond acceptors (Lipinski definition) is 10. The quantitative estimate of drug-likeness (QED) is 0.302. The molecule has 0 saturated carbocycles. The molecule has 0 aromatic heterocycles. The Morgan fingerprint density at radius 3 is 2.13 bits per heavy atom. The molecule has 8 atom stereocenters. The predicted octanol–water partition coefficient (Wildman–Crippen LogP) is 0.00360. The number of piperazine rings is 2. The lowest BCUT2D eigenvalue weighted by molar-refractivity contribution is -0.209. The number of amides is 4.